The molecule has 0 saturated heterocycles. The van der Waals surface area contributed by atoms with E-state index in [1.165, 1.54) is 6.07 Å². The minimum absolute atomic E-state index is 0.0978. The first kappa shape index (κ1) is 15.6. The second-order valence-corrected chi connectivity index (χ2v) is 5.92. The van der Waals surface area contributed by atoms with E-state index in [1.807, 2.05) is 13.8 Å². The van der Waals surface area contributed by atoms with Crippen molar-refractivity contribution >= 4 is 5.91 Å². The Bertz CT molecular complexity index is 455. The van der Waals surface area contributed by atoms with E-state index in [4.69, 9.17) is 0 Å². The van der Waals surface area contributed by atoms with Crippen molar-refractivity contribution in [2.45, 2.75) is 38.6 Å². The molecule has 2 N–H and O–H groups in total. The number of amides is 1. The van der Waals surface area contributed by atoms with Crippen LogP contribution in [0.5, 0.6) is 0 Å². The van der Waals surface area contributed by atoms with Gasteiger partial charge in [-0.1, -0.05) is 32.0 Å². The van der Waals surface area contributed by atoms with Crippen LogP contribution in [0.25, 0.3) is 0 Å². The molecule has 0 bridgehead atoms. The summed E-state index contributed by atoms with van der Waals surface area (Å²) in [4.78, 5) is 12.0. The summed E-state index contributed by atoms with van der Waals surface area (Å²) in [5, 5.41) is 5.81. The van der Waals surface area contributed by atoms with E-state index < -0.39 is 11.0 Å². The Morgan fingerprint density at radius 2 is 1.79 bits per heavy atom. The first-order valence-electron chi connectivity index (χ1n) is 6.43. The van der Waals surface area contributed by atoms with Gasteiger partial charge >= 0.3 is 0 Å². The lowest BCUT2D eigenvalue weighted by Gasteiger charge is -2.29. The largest absolute Gasteiger partial charge is 0.354 e. The van der Waals surface area contributed by atoms with Crippen LogP contribution in [0.15, 0.2) is 24.3 Å². The third-order valence-corrected chi connectivity index (χ3v) is 3.49. The van der Waals surface area contributed by atoms with Crippen molar-refractivity contribution in [3.8, 4) is 0 Å². The number of benzene rings is 1. The molecule has 0 aliphatic carbocycles. The van der Waals surface area contributed by atoms with Gasteiger partial charge in [-0.15, -0.1) is 0 Å². The summed E-state index contributed by atoms with van der Waals surface area (Å²) in [6.45, 7) is 7.82. The Morgan fingerprint density at radius 3 is 2.32 bits per heavy atom. The van der Waals surface area contributed by atoms with Crippen molar-refractivity contribution in [2.75, 3.05) is 13.6 Å². The lowest BCUT2D eigenvalue weighted by Crippen LogP contribution is -2.53. The standard InChI is InChI=1S/C15H23FN2O/c1-14(2,11-8-6-7-9-12(11)16)10-18-13(19)15(3,4)17-5/h6-9,17H,10H2,1-5H3,(H,18,19). The summed E-state index contributed by atoms with van der Waals surface area (Å²) in [5.41, 5.74) is -0.478. The predicted octanol–water partition coefficient (Wildman–Crippen LogP) is 2.22. The average molecular weight is 266 g/mol. The van der Waals surface area contributed by atoms with E-state index >= 15 is 0 Å². The lowest BCUT2D eigenvalue weighted by molar-refractivity contribution is -0.126. The average Bonchev–Trinajstić information content (AvgIpc) is 2.36. The smallest absolute Gasteiger partial charge is 0.239 e. The van der Waals surface area contributed by atoms with Crippen LogP contribution in [-0.2, 0) is 10.2 Å². The van der Waals surface area contributed by atoms with Gasteiger partial charge in [0.1, 0.15) is 5.82 Å². The molecule has 0 saturated carbocycles. The number of hydrogen-bond donors (Lipinski definition) is 2. The molecule has 0 radical (unpaired) electrons. The fourth-order valence-corrected chi connectivity index (χ4v) is 1.74. The number of carbonyl (C=O) groups excluding carboxylic acids is 1. The quantitative estimate of drug-likeness (QED) is 0.858. The zero-order chi connectivity index (χ0) is 14.7. The maximum Gasteiger partial charge on any atom is 0.239 e. The van der Waals surface area contributed by atoms with Crippen molar-refractivity contribution in [3.05, 3.63) is 35.6 Å². The van der Waals surface area contributed by atoms with Gasteiger partial charge in [-0.2, -0.15) is 0 Å². The maximum absolute atomic E-state index is 13.8. The molecule has 106 valence electrons. The molecule has 0 spiro atoms. The SMILES string of the molecule is CNC(C)(C)C(=O)NCC(C)(C)c1ccccc1F. The van der Waals surface area contributed by atoms with E-state index in [1.54, 1.807) is 39.1 Å². The lowest BCUT2D eigenvalue weighted by atomic mass is 9.84. The third kappa shape index (κ3) is 3.77. The molecule has 1 amide bonds. The summed E-state index contributed by atoms with van der Waals surface area (Å²) in [6.07, 6.45) is 0. The Kier molecular flexibility index (Phi) is 4.69. The number of nitrogens with one attached hydrogen (secondary N) is 2. The van der Waals surface area contributed by atoms with Gasteiger partial charge in [-0.05, 0) is 32.5 Å². The fraction of sp³-hybridized carbons (Fsp3) is 0.533. The summed E-state index contributed by atoms with van der Waals surface area (Å²) >= 11 is 0. The van der Waals surface area contributed by atoms with Crippen molar-refractivity contribution in [1.82, 2.24) is 10.6 Å². The molecule has 0 heterocycles. The molecule has 0 fully saturated rings. The van der Waals surface area contributed by atoms with Gasteiger partial charge < -0.3 is 10.6 Å². The second-order valence-electron chi connectivity index (χ2n) is 5.92. The minimum Gasteiger partial charge on any atom is -0.354 e. The number of halogens is 1. The number of likely N-dealkylation sites (N-methyl/N-ethyl adjacent to an activating group) is 1. The molecule has 4 heteroatoms. The monoisotopic (exact) mass is 266 g/mol. The van der Waals surface area contributed by atoms with Gasteiger partial charge in [-0.25, -0.2) is 4.39 Å². The van der Waals surface area contributed by atoms with E-state index in [0.29, 0.717) is 12.1 Å². The molecule has 0 aliphatic heterocycles. The number of rotatable bonds is 5. The molecule has 19 heavy (non-hydrogen) atoms. The molecule has 0 aliphatic rings. The zero-order valence-electron chi connectivity index (χ0n) is 12.3. The maximum atomic E-state index is 13.8. The Hall–Kier alpha value is -1.42. The van der Waals surface area contributed by atoms with Crippen LogP contribution in [0.1, 0.15) is 33.3 Å². The van der Waals surface area contributed by atoms with Crippen molar-refractivity contribution < 1.29 is 9.18 Å². The zero-order valence-corrected chi connectivity index (χ0v) is 12.3. The molecule has 1 aromatic rings. The summed E-state index contributed by atoms with van der Waals surface area (Å²) in [7, 11) is 1.74. The summed E-state index contributed by atoms with van der Waals surface area (Å²) in [6, 6.07) is 6.66. The molecular formula is C15H23FN2O. The summed E-state index contributed by atoms with van der Waals surface area (Å²) < 4.78 is 13.8. The Balaban J connectivity index is 2.77. The highest BCUT2D eigenvalue weighted by atomic mass is 19.1. The van der Waals surface area contributed by atoms with Crippen LogP contribution >= 0.6 is 0 Å². The van der Waals surface area contributed by atoms with Crippen LogP contribution in [0, 0.1) is 5.82 Å². The predicted molar refractivity (Wildman–Crippen MR) is 75.6 cm³/mol. The van der Waals surface area contributed by atoms with Crippen molar-refractivity contribution in [2.24, 2.45) is 0 Å². The molecule has 3 nitrogen and oxygen atoms in total. The molecule has 0 atom stereocenters. The molecule has 0 unspecified atom stereocenters. The van der Waals surface area contributed by atoms with E-state index in [0.717, 1.165) is 0 Å². The van der Waals surface area contributed by atoms with E-state index in [2.05, 4.69) is 10.6 Å². The normalized spacial score (nSPS) is 12.3. The van der Waals surface area contributed by atoms with Gasteiger partial charge in [-0.3, -0.25) is 4.79 Å². The molecular weight excluding hydrogens is 243 g/mol. The van der Waals surface area contributed by atoms with Gasteiger partial charge in [0.15, 0.2) is 0 Å². The number of carbonyl (C=O) groups is 1. The van der Waals surface area contributed by atoms with Crippen LogP contribution in [0.2, 0.25) is 0 Å². The van der Waals surface area contributed by atoms with Crippen LogP contribution in [-0.4, -0.2) is 25.0 Å². The summed E-state index contributed by atoms with van der Waals surface area (Å²) in [5.74, 6) is -0.339. The first-order chi connectivity index (χ1) is 8.70. The molecule has 1 aromatic carbocycles. The van der Waals surface area contributed by atoms with Crippen LogP contribution in [0.3, 0.4) is 0 Å². The van der Waals surface area contributed by atoms with Gasteiger partial charge in [0.2, 0.25) is 5.91 Å². The fourth-order valence-electron chi connectivity index (χ4n) is 1.74. The van der Waals surface area contributed by atoms with Crippen LogP contribution < -0.4 is 10.6 Å². The highest BCUT2D eigenvalue weighted by molar-refractivity contribution is 5.85. The molecule has 0 aromatic heterocycles. The Labute approximate surface area is 114 Å². The van der Waals surface area contributed by atoms with Crippen molar-refractivity contribution in [3.63, 3.8) is 0 Å². The second kappa shape index (κ2) is 5.70. The molecule has 1 rings (SSSR count). The Morgan fingerprint density at radius 1 is 1.21 bits per heavy atom. The minimum atomic E-state index is -0.634. The van der Waals surface area contributed by atoms with Crippen LogP contribution in [0.4, 0.5) is 4.39 Å². The van der Waals surface area contributed by atoms with Gasteiger partial charge in [0.05, 0.1) is 5.54 Å². The van der Waals surface area contributed by atoms with E-state index in [-0.39, 0.29) is 11.7 Å². The highest BCUT2D eigenvalue weighted by Crippen LogP contribution is 2.24. The van der Waals surface area contributed by atoms with E-state index in [9.17, 15) is 9.18 Å². The van der Waals surface area contributed by atoms with Crippen molar-refractivity contribution in [1.29, 1.82) is 0 Å². The topological polar surface area (TPSA) is 41.1 Å². The third-order valence-electron chi connectivity index (χ3n) is 3.49. The number of hydrogen-bond acceptors (Lipinski definition) is 2. The van der Waals surface area contributed by atoms with Gasteiger partial charge in [0.25, 0.3) is 0 Å². The first-order valence-corrected chi connectivity index (χ1v) is 6.43. The van der Waals surface area contributed by atoms with Gasteiger partial charge in [0, 0.05) is 12.0 Å². The highest BCUT2D eigenvalue weighted by Gasteiger charge is 2.29.